The maximum Gasteiger partial charge on any atom is 0.416 e. The Morgan fingerprint density at radius 2 is 2.04 bits per heavy atom. The molecular formula is C16H22F3NO3. The first-order valence-electron chi connectivity index (χ1n) is 7.37. The van der Waals surface area contributed by atoms with Crippen LogP contribution in [0, 0.1) is 0 Å². The highest BCUT2D eigenvalue weighted by Crippen LogP contribution is 2.31. The highest BCUT2D eigenvalue weighted by molar-refractivity contribution is 5.66. The van der Waals surface area contributed by atoms with E-state index in [-0.39, 0.29) is 12.5 Å². The summed E-state index contributed by atoms with van der Waals surface area (Å²) in [6, 6.07) is 4.96. The monoisotopic (exact) mass is 333 g/mol. The van der Waals surface area contributed by atoms with Crippen molar-refractivity contribution >= 4 is 5.97 Å². The Balaban J connectivity index is 2.85. The number of carboxylic acid groups (broad SMARTS) is 1. The van der Waals surface area contributed by atoms with Crippen LogP contribution in [0.25, 0.3) is 0 Å². The van der Waals surface area contributed by atoms with Gasteiger partial charge in [-0.3, -0.25) is 9.69 Å². The number of ether oxygens (including phenoxy) is 1. The molecule has 0 spiro atoms. The van der Waals surface area contributed by atoms with E-state index in [0.29, 0.717) is 31.7 Å². The predicted octanol–water partition coefficient (Wildman–Crippen LogP) is 3.58. The minimum atomic E-state index is -4.38. The summed E-state index contributed by atoms with van der Waals surface area (Å²) in [5, 5.41) is 8.72. The first kappa shape index (κ1) is 19.4. The van der Waals surface area contributed by atoms with Gasteiger partial charge in [0.15, 0.2) is 0 Å². The SMILES string of the molecule is COCCN(CCCC(=O)O)C(C)c1cccc(C(F)(F)F)c1. The average Bonchev–Trinajstić information content (AvgIpc) is 2.49. The number of rotatable bonds is 9. The maximum absolute atomic E-state index is 12.8. The van der Waals surface area contributed by atoms with Crippen molar-refractivity contribution < 1.29 is 27.8 Å². The van der Waals surface area contributed by atoms with Crippen LogP contribution in [0.4, 0.5) is 13.2 Å². The summed E-state index contributed by atoms with van der Waals surface area (Å²) in [4.78, 5) is 12.6. The van der Waals surface area contributed by atoms with E-state index in [1.165, 1.54) is 6.07 Å². The third-order valence-corrected chi connectivity index (χ3v) is 3.66. The Morgan fingerprint density at radius 3 is 2.61 bits per heavy atom. The van der Waals surface area contributed by atoms with Gasteiger partial charge in [-0.1, -0.05) is 12.1 Å². The predicted molar refractivity (Wildman–Crippen MR) is 80.2 cm³/mol. The number of methoxy groups -OCH3 is 1. The van der Waals surface area contributed by atoms with Gasteiger partial charge >= 0.3 is 12.1 Å². The highest BCUT2D eigenvalue weighted by atomic mass is 19.4. The summed E-state index contributed by atoms with van der Waals surface area (Å²) in [6.45, 7) is 3.24. The smallest absolute Gasteiger partial charge is 0.416 e. The zero-order chi connectivity index (χ0) is 17.5. The number of benzene rings is 1. The fraction of sp³-hybridized carbons (Fsp3) is 0.562. The average molecular weight is 333 g/mol. The Labute approximate surface area is 133 Å². The Kier molecular flexibility index (Phi) is 7.51. The molecule has 0 fully saturated rings. The van der Waals surface area contributed by atoms with Crippen molar-refractivity contribution in [2.75, 3.05) is 26.8 Å². The molecule has 1 N–H and O–H groups in total. The van der Waals surface area contributed by atoms with E-state index in [1.807, 2.05) is 11.8 Å². The van der Waals surface area contributed by atoms with Gasteiger partial charge in [0.1, 0.15) is 0 Å². The molecule has 1 unspecified atom stereocenters. The topological polar surface area (TPSA) is 49.8 Å². The van der Waals surface area contributed by atoms with Crippen molar-refractivity contribution in [3.8, 4) is 0 Å². The fourth-order valence-electron chi connectivity index (χ4n) is 2.33. The Morgan fingerprint density at radius 1 is 1.35 bits per heavy atom. The van der Waals surface area contributed by atoms with Gasteiger partial charge in [-0.25, -0.2) is 0 Å². The van der Waals surface area contributed by atoms with Crippen molar-refractivity contribution in [2.24, 2.45) is 0 Å². The number of carbonyl (C=O) groups is 1. The number of aliphatic carboxylic acids is 1. The molecule has 0 saturated heterocycles. The molecule has 0 radical (unpaired) electrons. The van der Waals surface area contributed by atoms with Crippen molar-refractivity contribution in [3.63, 3.8) is 0 Å². The zero-order valence-electron chi connectivity index (χ0n) is 13.3. The third kappa shape index (κ3) is 6.58. The summed E-state index contributed by atoms with van der Waals surface area (Å²) in [7, 11) is 1.55. The normalized spacial score (nSPS) is 13.3. The summed E-state index contributed by atoms with van der Waals surface area (Å²) in [6.07, 6.45) is -3.92. The Hall–Kier alpha value is -1.60. The molecule has 0 bridgehead atoms. The van der Waals surface area contributed by atoms with E-state index >= 15 is 0 Å². The fourth-order valence-corrected chi connectivity index (χ4v) is 2.33. The van der Waals surface area contributed by atoms with Gasteiger partial charge in [-0.05, 0) is 37.6 Å². The van der Waals surface area contributed by atoms with Crippen molar-refractivity contribution in [1.82, 2.24) is 4.90 Å². The van der Waals surface area contributed by atoms with Crippen LogP contribution in [0.15, 0.2) is 24.3 Å². The number of hydrogen-bond acceptors (Lipinski definition) is 3. The van der Waals surface area contributed by atoms with Crippen molar-refractivity contribution in [2.45, 2.75) is 32.0 Å². The molecule has 1 aromatic carbocycles. The lowest BCUT2D eigenvalue weighted by Gasteiger charge is -2.29. The molecule has 1 aromatic rings. The van der Waals surface area contributed by atoms with Crippen LogP contribution in [-0.4, -0.2) is 42.8 Å². The van der Waals surface area contributed by atoms with Crippen LogP contribution < -0.4 is 0 Å². The molecule has 0 aliphatic rings. The summed E-state index contributed by atoms with van der Waals surface area (Å²) in [5.74, 6) is -0.886. The lowest BCUT2D eigenvalue weighted by molar-refractivity contribution is -0.138. The molecule has 1 rings (SSSR count). The second kappa shape index (κ2) is 8.88. The molecule has 1 atom stereocenters. The van der Waals surface area contributed by atoms with E-state index in [0.717, 1.165) is 12.1 Å². The summed E-state index contributed by atoms with van der Waals surface area (Å²) in [5.41, 5.74) is -0.134. The molecule has 0 aliphatic carbocycles. The molecule has 7 heteroatoms. The lowest BCUT2D eigenvalue weighted by atomic mass is 10.0. The quantitative estimate of drug-likeness (QED) is 0.750. The minimum absolute atomic E-state index is 0.0266. The van der Waals surface area contributed by atoms with Crippen LogP contribution >= 0.6 is 0 Å². The first-order valence-corrected chi connectivity index (χ1v) is 7.37. The molecule has 0 aromatic heterocycles. The number of carboxylic acids is 1. The molecule has 23 heavy (non-hydrogen) atoms. The number of alkyl halides is 3. The zero-order valence-corrected chi connectivity index (χ0v) is 13.3. The van der Waals surface area contributed by atoms with E-state index in [4.69, 9.17) is 9.84 Å². The molecule has 0 aliphatic heterocycles. The van der Waals surface area contributed by atoms with Crippen molar-refractivity contribution in [3.05, 3.63) is 35.4 Å². The van der Waals surface area contributed by atoms with Gasteiger partial charge in [0.05, 0.1) is 12.2 Å². The third-order valence-electron chi connectivity index (χ3n) is 3.66. The number of halogens is 3. The summed E-state index contributed by atoms with van der Waals surface area (Å²) >= 11 is 0. The highest BCUT2D eigenvalue weighted by Gasteiger charge is 2.31. The Bertz CT molecular complexity index is 506. The number of hydrogen-bond donors (Lipinski definition) is 1. The van der Waals surface area contributed by atoms with Gasteiger partial charge in [-0.15, -0.1) is 0 Å². The molecule has 4 nitrogen and oxygen atoms in total. The van der Waals surface area contributed by atoms with Crippen LogP contribution in [-0.2, 0) is 15.7 Å². The van der Waals surface area contributed by atoms with Crippen LogP contribution in [0.1, 0.15) is 36.9 Å². The van der Waals surface area contributed by atoms with Crippen LogP contribution in [0.5, 0.6) is 0 Å². The molecule has 0 heterocycles. The van der Waals surface area contributed by atoms with Gasteiger partial charge in [-0.2, -0.15) is 13.2 Å². The van der Waals surface area contributed by atoms with E-state index in [1.54, 1.807) is 13.2 Å². The maximum atomic E-state index is 12.8. The molecule has 0 amide bonds. The van der Waals surface area contributed by atoms with E-state index in [9.17, 15) is 18.0 Å². The van der Waals surface area contributed by atoms with Gasteiger partial charge in [0.2, 0.25) is 0 Å². The van der Waals surface area contributed by atoms with E-state index in [2.05, 4.69) is 0 Å². The second-order valence-corrected chi connectivity index (χ2v) is 5.33. The van der Waals surface area contributed by atoms with Gasteiger partial charge in [0, 0.05) is 26.1 Å². The van der Waals surface area contributed by atoms with Gasteiger partial charge < -0.3 is 9.84 Å². The van der Waals surface area contributed by atoms with E-state index < -0.39 is 17.7 Å². The second-order valence-electron chi connectivity index (χ2n) is 5.33. The van der Waals surface area contributed by atoms with Gasteiger partial charge in [0.25, 0.3) is 0 Å². The van der Waals surface area contributed by atoms with Crippen LogP contribution in [0.3, 0.4) is 0 Å². The first-order chi connectivity index (χ1) is 10.8. The minimum Gasteiger partial charge on any atom is -0.481 e. The molecular weight excluding hydrogens is 311 g/mol. The summed E-state index contributed by atoms with van der Waals surface area (Å²) < 4.78 is 43.5. The largest absolute Gasteiger partial charge is 0.481 e. The van der Waals surface area contributed by atoms with Crippen LogP contribution in [0.2, 0.25) is 0 Å². The standard InChI is InChI=1S/C16H22F3NO3/c1-12(13-5-3-6-14(11-13)16(17,18)19)20(9-10-23-2)8-4-7-15(21)22/h3,5-6,11-12H,4,7-10H2,1-2H3,(H,21,22). The molecule has 130 valence electrons. The lowest BCUT2D eigenvalue weighted by Crippen LogP contribution is -2.31. The van der Waals surface area contributed by atoms with Crippen molar-refractivity contribution in [1.29, 1.82) is 0 Å². The number of nitrogens with zero attached hydrogens (tertiary/aromatic N) is 1. The molecule has 0 saturated carbocycles.